The number of imidazole rings is 1. The van der Waals surface area contributed by atoms with E-state index in [1.807, 2.05) is 26.0 Å². The number of halogens is 1. The van der Waals surface area contributed by atoms with E-state index in [-0.39, 0.29) is 23.8 Å². The van der Waals surface area contributed by atoms with E-state index >= 15 is 0 Å². The summed E-state index contributed by atoms with van der Waals surface area (Å²) in [6.07, 6.45) is 1.72. The zero-order chi connectivity index (χ0) is 25.7. The molecule has 0 radical (unpaired) electrons. The molecule has 1 aliphatic rings. The van der Waals surface area contributed by atoms with Crippen molar-refractivity contribution in [3.8, 4) is 5.75 Å². The second kappa shape index (κ2) is 8.48. The summed E-state index contributed by atoms with van der Waals surface area (Å²) in [4.78, 5) is 24.7. The molecule has 36 heavy (non-hydrogen) atoms. The molecule has 188 valence electrons. The molecule has 1 amide bonds. The number of nitrogens with zero attached hydrogens (tertiary/aromatic N) is 1. The number of amides is 1. The van der Waals surface area contributed by atoms with Crippen molar-refractivity contribution in [1.29, 1.82) is 0 Å². The molecule has 0 saturated carbocycles. The van der Waals surface area contributed by atoms with Gasteiger partial charge < -0.3 is 14.7 Å². The lowest BCUT2D eigenvalue weighted by Crippen LogP contribution is -2.55. The predicted octanol–water partition coefficient (Wildman–Crippen LogP) is 4.64. The van der Waals surface area contributed by atoms with Gasteiger partial charge in [-0.3, -0.25) is 10.1 Å². The molecule has 2 aromatic carbocycles. The van der Waals surface area contributed by atoms with Crippen LogP contribution in [0.3, 0.4) is 0 Å². The van der Waals surface area contributed by atoms with Gasteiger partial charge in [0.05, 0.1) is 11.0 Å². The Balaban J connectivity index is 1.76. The van der Waals surface area contributed by atoms with Gasteiger partial charge in [-0.15, -0.1) is 0 Å². The number of benzene rings is 2. The maximum atomic E-state index is 14.5. The minimum absolute atomic E-state index is 0.120. The minimum atomic E-state index is -4.16. The van der Waals surface area contributed by atoms with Crippen LogP contribution in [0.4, 0.5) is 10.3 Å². The topological polar surface area (TPSA) is 117 Å². The number of hydrogen-bond donors (Lipinski definition) is 3. The molecule has 0 aliphatic carbocycles. The average molecular weight is 511 g/mol. The van der Waals surface area contributed by atoms with E-state index in [1.165, 1.54) is 25.1 Å². The molecule has 0 bridgehead atoms. The monoisotopic (exact) mass is 510 g/mol. The summed E-state index contributed by atoms with van der Waals surface area (Å²) in [7, 11) is -4.16. The first-order valence-corrected chi connectivity index (χ1v) is 13.3. The van der Waals surface area contributed by atoms with E-state index in [0.29, 0.717) is 22.3 Å². The molecule has 2 aromatic heterocycles. The van der Waals surface area contributed by atoms with Crippen molar-refractivity contribution in [2.45, 2.75) is 43.5 Å². The molecule has 2 atom stereocenters. The highest BCUT2D eigenvalue weighted by Gasteiger charge is 2.61. The van der Waals surface area contributed by atoms with Crippen LogP contribution in [0.2, 0.25) is 0 Å². The van der Waals surface area contributed by atoms with Gasteiger partial charge in [0.25, 0.3) is 5.91 Å². The predicted molar refractivity (Wildman–Crippen MR) is 135 cm³/mol. The number of aromatic amines is 2. The molecule has 8 nitrogen and oxygen atoms in total. The van der Waals surface area contributed by atoms with E-state index < -0.39 is 37.8 Å². The quantitative estimate of drug-likeness (QED) is 0.349. The number of hydrogen-bond acceptors (Lipinski definition) is 5. The van der Waals surface area contributed by atoms with E-state index in [1.54, 1.807) is 30.5 Å². The lowest BCUT2D eigenvalue weighted by atomic mass is 9.74. The number of anilines is 1. The first-order valence-electron chi connectivity index (χ1n) is 11.7. The number of carbonyl (C=O) groups is 1. The van der Waals surface area contributed by atoms with Crippen molar-refractivity contribution < 1.29 is 22.3 Å². The first kappa shape index (κ1) is 24.1. The van der Waals surface area contributed by atoms with Gasteiger partial charge in [-0.05, 0) is 62.7 Å². The van der Waals surface area contributed by atoms with Crippen LogP contribution < -0.4 is 10.1 Å². The smallest absolute Gasteiger partial charge is 0.254 e. The van der Waals surface area contributed by atoms with Gasteiger partial charge in [-0.1, -0.05) is 19.1 Å². The molecule has 0 fully saturated rings. The van der Waals surface area contributed by atoms with Crippen molar-refractivity contribution in [1.82, 2.24) is 15.0 Å². The number of carbonyl (C=O) groups excluding carboxylic acids is 1. The van der Waals surface area contributed by atoms with Gasteiger partial charge in [0.15, 0.2) is 14.6 Å². The summed E-state index contributed by atoms with van der Waals surface area (Å²) >= 11 is 0. The number of aromatic nitrogens is 3. The summed E-state index contributed by atoms with van der Waals surface area (Å²) in [6.45, 7) is 5.14. The molecule has 3 N–H and O–H groups in total. The second-order valence-corrected chi connectivity index (χ2v) is 12.0. The minimum Gasteiger partial charge on any atom is -0.488 e. The normalized spacial score (nSPS) is 18.7. The number of sulfone groups is 1. The van der Waals surface area contributed by atoms with Crippen LogP contribution in [-0.2, 0) is 19.4 Å². The van der Waals surface area contributed by atoms with Gasteiger partial charge in [0, 0.05) is 29.1 Å². The molecule has 2 unspecified atom stereocenters. The fourth-order valence-corrected chi connectivity index (χ4v) is 7.08. The number of fused-ring (bicyclic) bond motifs is 2. The third kappa shape index (κ3) is 3.76. The summed E-state index contributed by atoms with van der Waals surface area (Å²) in [5.41, 5.74) is 1.00. The van der Waals surface area contributed by atoms with Gasteiger partial charge >= 0.3 is 0 Å². The SMILES string of the molecule is CCS(=O)(=O)C(C(=O)Nc1nc2ccccc2[nH]1)(c1ccc[nH]1)C1CC(C)(C)Oc2ccc(F)cc21. The van der Waals surface area contributed by atoms with Gasteiger partial charge in [0.2, 0.25) is 5.95 Å². The third-order valence-electron chi connectivity index (χ3n) is 6.75. The molecular formula is C26H27FN4O4S. The maximum absolute atomic E-state index is 14.5. The number of ether oxygens (including phenoxy) is 1. The molecule has 5 rings (SSSR count). The van der Waals surface area contributed by atoms with Crippen LogP contribution in [-0.4, -0.2) is 40.6 Å². The lowest BCUT2D eigenvalue weighted by Gasteiger charge is -2.45. The molecule has 0 spiro atoms. The van der Waals surface area contributed by atoms with Crippen molar-refractivity contribution in [3.63, 3.8) is 0 Å². The number of H-pyrrole nitrogens is 2. The van der Waals surface area contributed by atoms with Crippen LogP contribution in [0.15, 0.2) is 60.8 Å². The van der Waals surface area contributed by atoms with Crippen LogP contribution in [0.5, 0.6) is 5.75 Å². The van der Waals surface area contributed by atoms with Crippen LogP contribution in [0.1, 0.15) is 44.4 Å². The second-order valence-electron chi connectivity index (χ2n) is 9.58. The molecule has 1 aliphatic heterocycles. The Labute approximate surface area is 208 Å². The highest BCUT2D eigenvalue weighted by atomic mass is 32.2. The van der Waals surface area contributed by atoms with Crippen molar-refractivity contribution in [3.05, 3.63) is 77.9 Å². The third-order valence-corrected chi connectivity index (χ3v) is 9.18. The van der Waals surface area contributed by atoms with Crippen molar-refractivity contribution in [2.24, 2.45) is 0 Å². The van der Waals surface area contributed by atoms with Crippen LogP contribution in [0.25, 0.3) is 11.0 Å². The summed E-state index contributed by atoms with van der Waals surface area (Å²) in [5, 5.41) is 2.73. The van der Waals surface area contributed by atoms with E-state index in [0.717, 1.165) is 0 Å². The van der Waals surface area contributed by atoms with Crippen molar-refractivity contribution >= 4 is 32.7 Å². The van der Waals surface area contributed by atoms with Gasteiger partial charge in [0.1, 0.15) is 17.2 Å². The zero-order valence-electron chi connectivity index (χ0n) is 20.1. The van der Waals surface area contributed by atoms with Gasteiger partial charge in [-0.25, -0.2) is 17.8 Å². The highest BCUT2D eigenvalue weighted by molar-refractivity contribution is 7.93. The Morgan fingerprint density at radius 2 is 2.00 bits per heavy atom. The van der Waals surface area contributed by atoms with Crippen molar-refractivity contribution in [2.75, 3.05) is 11.1 Å². The molecular weight excluding hydrogens is 483 g/mol. The average Bonchev–Trinajstić information content (AvgIpc) is 3.49. The largest absolute Gasteiger partial charge is 0.488 e. The van der Waals surface area contributed by atoms with E-state index in [2.05, 4.69) is 20.3 Å². The standard InChI is InChI=1S/C26H27FN4O4S/c1-4-36(33,34)26(22-10-7-13-28-22,23(32)31-24-29-19-8-5-6-9-20(19)30-24)18-15-25(2,3)35-21-12-11-16(27)14-17(18)21/h5-14,18,28H,4,15H2,1-3H3,(H2,29,30,31,32). The van der Waals surface area contributed by atoms with E-state index in [4.69, 9.17) is 4.74 Å². The molecule has 4 aromatic rings. The zero-order valence-corrected chi connectivity index (χ0v) is 20.9. The fraction of sp³-hybridized carbons (Fsp3) is 0.308. The summed E-state index contributed by atoms with van der Waals surface area (Å²) < 4.78 is 46.6. The Morgan fingerprint density at radius 3 is 2.69 bits per heavy atom. The number of para-hydroxylation sites is 2. The number of rotatable bonds is 6. The summed E-state index contributed by atoms with van der Waals surface area (Å²) in [5.74, 6) is -2.15. The Bertz CT molecular complexity index is 1510. The van der Waals surface area contributed by atoms with Crippen LogP contribution in [0, 0.1) is 5.82 Å². The van der Waals surface area contributed by atoms with Gasteiger partial charge in [-0.2, -0.15) is 0 Å². The molecule has 3 heterocycles. The first-order chi connectivity index (χ1) is 17.1. The maximum Gasteiger partial charge on any atom is 0.254 e. The van der Waals surface area contributed by atoms with Crippen LogP contribution >= 0.6 is 0 Å². The Morgan fingerprint density at radius 1 is 1.22 bits per heavy atom. The molecule has 0 saturated heterocycles. The lowest BCUT2D eigenvalue weighted by molar-refractivity contribution is -0.120. The molecule has 10 heteroatoms. The fourth-order valence-electron chi connectivity index (χ4n) is 5.18. The number of nitrogens with one attached hydrogen (secondary N) is 3. The highest BCUT2D eigenvalue weighted by Crippen LogP contribution is 2.53. The summed E-state index contributed by atoms with van der Waals surface area (Å²) in [6, 6.07) is 14.4. The Hall–Kier alpha value is -3.66. The Kier molecular flexibility index (Phi) is 5.66. The van der Waals surface area contributed by atoms with E-state index in [9.17, 15) is 17.6 Å².